The molecule has 5 nitrogen and oxygen atoms in total. The van der Waals surface area contributed by atoms with Gasteiger partial charge in [0, 0.05) is 13.1 Å². The van der Waals surface area contributed by atoms with Gasteiger partial charge in [-0.25, -0.2) is 0 Å². The second-order valence-corrected chi connectivity index (χ2v) is 4.93. The minimum absolute atomic E-state index is 0.176. The Bertz CT molecular complexity index is 237. The molecule has 0 aromatic carbocycles. The zero-order valence-electron chi connectivity index (χ0n) is 10.2. The summed E-state index contributed by atoms with van der Waals surface area (Å²) in [6.07, 6.45) is 0. The van der Waals surface area contributed by atoms with E-state index in [0.717, 1.165) is 0 Å². The van der Waals surface area contributed by atoms with Gasteiger partial charge in [0.05, 0.1) is 25.4 Å². The summed E-state index contributed by atoms with van der Waals surface area (Å²) >= 11 is 0. The van der Waals surface area contributed by atoms with E-state index in [-0.39, 0.29) is 12.2 Å². The van der Waals surface area contributed by atoms with Gasteiger partial charge in [-0.15, -0.1) is 0 Å². The van der Waals surface area contributed by atoms with E-state index >= 15 is 0 Å². The Morgan fingerprint density at radius 3 is 2.81 bits per heavy atom. The van der Waals surface area contributed by atoms with Gasteiger partial charge in [0.2, 0.25) is 0 Å². The summed E-state index contributed by atoms with van der Waals surface area (Å²) in [7, 11) is 0. The molecule has 1 unspecified atom stereocenters. The Morgan fingerprint density at radius 2 is 2.25 bits per heavy atom. The maximum Gasteiger partial charge on any atom is 0.323 e. The van der Waals surface area contributed by atoms with Crippen molar-refractivity contribution in [2.45, 2.75) is 32.4 Å². The Balaban J connectivity index is 2.36. The average Bonchev–Trinajstić information content (AvgIpc) is 2.16. The molecule has 1 aliphatic heterocycles. The largest absolute Gasteiger partial charge is 0.480 e. The van der Waals surface area contributed by atoms with Crippen molar-refractivity contribution in [3.05, 3.63) is 0 Å². The molecule has 0 aromatic rings. The van der Waals surface area contributed by atoms with Crippen LogP contribution in [0.1, 0.15) is 20.8 Å². The lowest BCUT2D eigenvalue weighted by atomic mass is 10.2. The molecule has 0 radical (unpaired) electrons. The molecule has 0 aromatic heterocycles. The molecule has 16 heavy (non-hydrogen) atoms. The summed E-state index contributed by atoms with van der Waals surface area (Å²) in [5, 5.41) is 9.01. The number of aliphatic carboxylic acids is 1. The van der Waals surface area contributed by atoms with Crippen LogP contribution in [0.5, 0.6) is 0 Å². The van der Waals surface area contributed by atoms with Gasteiger partial charge in [-0.05, 0) is 20.8 Å². The quantitative estimate of drug-likeness (QED) is 0.767. The fourth-order valence-corrected chi connectivity index (χ4v) is 1.60. The number of rotatable bonds is 4. The van der Waals surface area contributed by atoms with Crippen LogP contribution in [0.25, 0.3) is 0 Å². The fraction of sp³-hybridized carbons (Fsp3) is 0.909. The first-order valence-corrected chi connectivity index (χ1v) is 5.59. The van der Waals surface area contributed by atoms with Crippen molar-refractivity contribution in [2.24, 2.45) is 0 Å². The van der Waals surface area contributed by atoms with E-state index in [1.807, 2.05) is 25.7 Å². The molecule has 1 N–H and O–H groups in total. The third kappa shape index (κ3) is 4.47. The molecule has 1 saturated heterocycles. The summed E-state index contributed by atoms with van der Waals surface area (Å²) in [4.78, 5) is 12.9. The molecule has 5 heteroatoms. The number of carboxylic acid groups (broad SMARTS) is 1. The van der Waals surface area contributed by atoms with Gasteiger partial charge >= 0.3 is 5.97 Å². The van der Waals surface area contributed by atoms with Crippen molar-refractivity contribution in [1.29, 1.82) is 0 Å². The first-order chi connectivity index (χ1) is 7.40. The van der Waals surface area contributed by atoms with E-state index in [1.54, 1.807) is 0 Å². The summed E-state index contributed by atoms with van der Waals surface area (Å²) in [5.74, 6) is -0.824. The average molecular weight is 231 g/mol. The fourth-order valence-electron chi connectivity index (χ4n) is 1.60. The number of carbonyl (C=O) groups is 1. The molecule has 0 spiro atoms. The van der Waals surface area contributed by atoms with Crippen LogP contribution in [0.4, 0.5) is 0 Å². The minimum Gasteiger partial charge on any atom is -0.480 e. The number of ether oxygens (including phenoxy) is 2. The number of morpholine rings is 1. The van der Waals surface area contributed by atoms with Gasteiger partial charge in [-0.2, -0.15) is 0 Å². The van der Waals surface area contributed by atoms with Crippen LogP contribution >= 0.6 is 0 Å². The van der Waals surface area contributed by atoms with Crippen LogP contribution in [-0.2, 0) is 14.3 Å². The molecule has 0 amide bonds. The van der Waals surface area contributed by atoms with Crippen LogP contribution in [0, 0.1) is 0 Å². The molecule has 1 heterocycles. The monoisotopic (exact) mass is 231 g/mol. The SMILES string of the molecule is CC(C)(C)OCCN1CCOCC1C(=O)O. The van der Waals surface area contributed by atoms with E-state index in [4.69, 9.17) is 14.6 Å². The topological polar surface area (TPSA) is 59.0 Å². The smallest absolute Gasteiger partial charge is 0.323 e. The lowest BCUT2D eigenvalue weighted by molar-refractivity contribution is -0.150. The van der Waals surface area contributed by atoms with Crippen molar-refractivity contribution < 1.29 is 19.4 Å². The Morgan fingerprint density at radius 1 is 1.56 bits per heavy atom. The summed E-state index contributed by atoms with van der Waals surface area (Å²) in [6.45, 7) is 8.67. The Hall–Kier alpha value is -0.650. The summed E-state index contributed by atoms with van der Waals surface area (Å²) in [5.41, 5.74) is -0.176. The minimum atomic E-state index is -0.824. The highest BCUT2D eigenvalue weighted by Gasteiger charge is 2.28. The first kappa shape index (κ1) is 13.4. The van der Waals surface area contributed by atoms with Crippen molar-refractivity contribution >= 4 is 5.97 Å². The highest BCUT2D eigenvalue weighted by atomic mass is 16.5. The standard InChI is InChI=1S/C11H21NO4/c1-11(2,3)16-7-5-12-4-6-15-8-9(12)10(13)14/h9H,4-8H2,1-3H3,(H,13,14). The molecule has 0 saturated carbocycles. The van der Waals surface area contributed by atoms with E-state index < -0.39 is 12.0 Å². The van der Waals surface area contributed by atoms with Crippen LogP contribution in [0.15, 0.2) is 0 Å². The van der Waals surface area contributed by atoms with E-state index in [9.17, 15) is 4.79 Å². The molecule has 94 valence electrons. The van der Waals surface area contributed by atoms with E-state index in [0.29, 0.717) is 26.3 Å². The molecule has 1 fully saturated rings. The molecule has 1 atom stereocenters. The second-order valence-electron chi connectivity index (χ2n) is 4.93. The highest BCUT2D eigenvalue weighted by Crippen LogP contribution is 2.10. The molecule has 1 aliphatic rings. The number of carboxylic acids is 1. The lowest BCUT2D eigenvalue weighted by Gasteiger charge is -2.33. The van der Waals surface area contributed by atoms with Crippen molar-refractivity contribution in [2.75, 3.05) is 32.9 Å². The molecular weight excluding hydrogens is 210 g/mol. The lowest BCUT2D eigenvalue weighted by Crippen LogP contribution is -2.51. The maximum absolute atomic E-state index is 11.0. The molecular formula is C11H21NO4. The first-order valence-electron chi connectivity index (χ1n) is 5.59. The van der Waals surface area contributed by atoms with Gasteiger partial charge in [0.15, 0.2) is 0 Å². The van der Waals surface area contributed by atoms with E-state index in [1.165, 1.54) is 0 Å². The van der Waals surface area contributed by atoms with Gasteiger partial charge in [-0.1, -0.05) is 0 Å². The highest BCUT2D eigenvalue weighted by molar-refractivity contribution is 5.73. The summed E-state index contributed by atoms with van der Waals surface area (Å²) in [6, 6.07) is -0.530. The van der Waals surface area contributed by atoms with Crippen LogP contribution < -0.4 is 0 Å². The Labute approximate surface area is 96.3 Å². The zero-order valence-corrected chi connectivity index (χ0v) is 10.2. The normalized spacial score (nSPS) is 23.3. The number of hydrogen-bond donors (Lipinski definition) is 1. The van der Waals surface area contributed by atoms with E-state index in [2.05, 4.69) is 0 Å². The molecule has 0 bridgehead atoms. The van der Waals surface area contributed by atoms with Gasteiger partial charge < -0.3 is 14.6 Å². The third-order valence-electron chi connectivity index (χ3n) is 2.44. The van der Waals surface area contributed by atoms with Crippen LogP contribution in [-0.4, -0.2) is 60.5 Å². The van der Waals surface area contributed by atoms with Crippen LogP contribution in [0.3, 0.4) is 0 Å². The Kier molecular flexibility index (Phi) is 4.70. The van der Waals surface area contributed by atoms with Gasteiger partial charge in [0.25, 0.3) is 0 Å². The number of nitrogens with zero attached hydrogens (tertiary/aromatic N) is 1. The van der Waals surface area contributed by atoms with Crippen molar-refractivity contribution in [3.8, 4) is 0 Å². The van der Waals surface area contributed by atoms with Gasteiger partial charge in [-0.3, -0.25) is 9.69 Å². The predicted molar refractivity (Wildman–Crippen MR) is 59.5 cm³/mol. The molecule has 1 rings (SSSR count). The third-order valence-corrected chi connectivity index (χ3v) is 2.44. The van der Waals surface area contributed by atoms with Crippen molar-refractivity contribution in [3.63, 3.8) is 0 Å². The second kappa shape index (κ2) is 5.61. The van der Waals surface area contributed by atoms with Gasteiger partial charge in [0.1, 0.15) is 6.04 Å². The van der Waals surface area contributed by atoms with Crippen molar-refractivity contribution in [1.82, 2.24) is 4.90 Å². The summed E-state index contributed by atoms with van der Waals surface area (Å²) < 4.78 is 10.7. The number of hydrogen-bond acceptors (Lipinski definition) is 4. The molecule has 0 aliphatic carbocycles. The zero-order chi connectivity index (χ0) is 12.2. The maximum atomic E-state index is 11.0. The predicted octanol–water partition coefficient (Wildman–Crippen LogP) is 0.587. The van der Waals surface area contributed by atoms with Crippen LogP contribution in [0.2, 0.25) is 0 Å².